The van der Waals surface area contributed by atoms with Gasteiger partial charge in [0.15, 0.2) is 0 Å². The fourth-order valence-electron chi connectivity index (χ4n) is 1.22. The predicted octanol–water partition coefficient (Wildman–Crippen LogP) is 3.10. The van der Waals surface area contributed by atoms with Gasteiger partial charge in [0.1, 0.15) is 5.82 Å². The van der Waals surface area contributed by atoms with Gasteiger partial charge in [-0.2, -0.15) is 0 Å². The van der Waals surface area contributed by atoms with Crippen molar-refractivity contribution in [2.75, 3.05) is 13.6 Å². The molecular weight excluding hydrogens is 201 g/mol. The maximum Gasteiger partial charge on any atom is 0.141 e. The number of hydrogen-bond donors (Lipinski definition) is 1. The number of halogens is 2. The predicted molar refractivity (Wildman–Crippen MR) is 59.0 cm³/mol. The third-order valence-corrected chi connectivity index (χ3v) is 2.10. The van der Waals surface area contributed by atoms with E-state index in [1.165, 1.54) is 11.6 Å². The highest BCUT2D eigenvalue weighted by atomic mass is 35.5. The molecule has 1 N–H and O–H groups in total. The van der Waals surface area contributed by atoms with E-state index < -0.39 is 0 Å². The fourth-order valence-corrected chi connectivity index (χ4v) is 1.41. The summed E-state index contributed by atoms with van der Waals surface area (Å²) >= 11 is 5.65. The van der Waals surface area contributed by atoms with E-state index in [4.69, 9.17) is 11.6 Å². The monoisotopic (exact) mass is 213 g/mol. The molecule has 14 heavy (non-hydrogen) atoms. The van der Waals surface area contributed by atoms with Gasteiger partial charge in [0.25, 0.3) is 0 Å². The Balaban J connectivity index is 2.87. The van der Waals surface area contributed by atoms with E-state index in [9.17, 15) is 4.39 Å². The lowest BCUT2D eigenvalue weighted by molar-refractivity contribution is 0.628. The summed E-state index contributed by atoms with van der Waals surface area (Å²) in [6, 6.07) is 4.71. The van der Waals surface area contributed by atoms with E-state index in [0.717, 1.165) is 12.1 Å². The normalized spacial score (nSPS) is 11.9. The van der Waals surface area contributed by atoms with E-state index in [0.29, 0.717) is 0 Å². The zero-order valence-corrected chi connectivity index (χ0v) is 9.03. The average Bonchev–Trinajstić information content (AvgIpc) is 2.12. The van der Waals surface area contributed by atoms with E-state index in [2.05, 4.69) is 5.32 Å². The van der Waals surface area contributed by atoms with Crippen LogP contribution < -0.4 is 5.32 Å². The first-order valence-corrected chi connectivity index (χ1v) is 4.78. The summed E-state index contributed by atoms with van der Waals surface area (Å²) in [6.45, 7) is 2.82. The highest BCUT2D eigenvalue weighted by molar-refractivity contribution is 6.30. The first-order valence-electron chi connectivity index (χ1n) is 4.40. The minimum Gasteiger partial charge on any atom is -0.316 e. The summed E-state index contributed by atoms with van der Waals surface area (Å²) in [5.74, 6) is -0.380. The summed E-state index contributed by atoms with van der Waals surface area (Å²) < 4.78 is 12.8. The molecule has 0 aliphatic heterocycles. The molecule has 0 bridgehead atoms. The Morgan fingerprint density at radius 2 is 2.29 bits per heavy atom. The van der Waals surface area contributed by atoms with Crippen molar-refractivity contribution in [2.24, 2.45) is 0 Å². The highest BCUT2D eigenvalue weighted by Gasteiger charge is 1.98. The van der Waals surface area contributed by atoms with Crippen molar-refractivity contribution < 1.29 is 4.39 Å². The summed E-state index contributed by atoms with van der Waals surface area (Å²) in [5, 5.41) is 3.20. The first-order chi connectivity index (χ1) is 6.63. The van der Waals surface area contributed by atoms with Crippen LogP contribution in [0.1, 0.15) is 12.5 Å². The molecule has 76 valence electrons. The summed E-state index contributed by atoms with van der Waals surface area (Å²) in [6.07, 6.45) is 1.97. The minimum atomic E-state index is -0.380. The zero-order valence-electron chi connectivity index (χ0n) is 8.27. The molecule has 0 saturated heterocycles. The Labute approximate surface area is 88.6 Å². The van der Waals surface area contributed by atoms with Gasteiger partial charge in [-0.25, -0.2) is 4.39 Å². The second-order valence-electron chi connectivity index (χ2n) is 3.19. The number of benzene rings is 1. The van der Waals surface area contributed by atoms with Gasteiger partial charge in [-0.3, -0.25) is 0 Å². The SMILES string of the molecule is CNC/C(C)=C/c1ccc(F)c(Cl)c1. The molecule has 0 atom stereocenters. The fraction of sp³-hybridized carbons (Fsp3) is 0.273. The van der Waals surface area contributed by atoms with E-state index >= 15 is 0 Å². The summed E-state index contributed by atoms with van der Waals surface area (Å²) in [7, 11) is 1.88. The lowest BCUT2D eigenvalue weighted by atomic mass is 10.1. The molecule has 1 nitrogen and oxygen atoms in total. The molecule has 0 amide bonds. The maximum absolute atomic E-state index is 12.8. The van der Waals surface area contributed by atoms with E-state index in [-0.39, 0.29) is 10.8 Å². The van der Waals surface area contributed by atoms with Crippen LogP contribution in [0.15, 0.2) is 23.8 Å². The van der Waals surface area contributed by atoms with Crippen molar-refractivity contribution in [3.8, 4) is 0 Å². The Kier molecular flexibility index (Phi) is 4.11. The molecule has 0 unspecified atom stereocenters. The molecule has 1 aromatic carbocycles. The highest BCUT2D eigenvalue weighted by Crippen LogP contribution is 2.17. The van der Waals surface area contributed by atoms with E-state index in [1.807, 2.05) is 20.0 Å². The van der Waals surface area contributed by atoms with Gasteiger partial charge in [-0.1, -0.05) is 29.3 Å². The van der Waals surface area contributed by atoms with Crippen molar-refractivity contribution in [1.82, 2.24) is 5.32 Å². The van der Waals surface area contributed by atoms with Crippen LogP contribution in [-0.4, -0.2) is 13.6 Å². The van der Waals surface area contributed by atoms with Crippen LogP contribution in [0, 0.1) is 5.82 Å². The number of nitrogens with one attached hydrogen (secondary N) is 1. The van der Waals surface area contributed by atoms with Gasteiger partial charge in [0.2, 0.25) is 0 Å². The Hall–Kier alpha value is -0.860. The van der Waals surface area contributed by atoms with Gasteiger partial charge in [-0.15, -0.1) is 0 Å². The van der Waals surface area contributed by atoms with Crippen molar-refractivity contribution in [3.63, 3.8) is 0 Å². The Morgan fingerprint density at radius 3 is 2.86 bits per heavy atom. The molecule has 0 aliphatic carbocycles. The average molecular weight is 214 g/mol. The van der Waals surface area contributed by atoms with Crippen LogP contribution in [0.2, 0.25) is 5.02 Å². The van der Waals surface area contributed by atoms with Crippen molar-refractivity contribution in [2.45, 2.75) is 6.92 Å². The first kappa shape index (κ1) is 11.2. The quantitative estimate of drug-likeness (QED) is 0.814. The van der Waals surface area contributed by atoms with Gasteiger partial charge < -0.3 is 5.32 Å². The van der Waals surface area contributed by atoms with Gasteiger partial charge in [-0.05, 0) is 31.7 Å². The minimum absolute atomic E-state index is 0.163. The molecule has 0 heterocycles. The van der Waals surface area contributed by atoms with Gasteiger partial charge in [0, 0.05) is 6.54 Å². The molecule has 0 spiro atoms. The van der Waals surface area contributed by atoms with Gasteiger partial charge >= 0.3 is 0 Å². The second kappa shape index (κ2) is 5.13. The van der Waals surface area contributed by atoms with E-state index in [1.54, 1.807) is 12.1 Å². The van der Waals surface area contributed by atoms with Crippen LogP contribution in [0.4, 0.5) is 4.39 Å². The molecular formula is C11H13ClFN. The lowest BCUT2D eigenvalue weighted by Gasteiger charge is -2.01. The zero-order chi connectivity index (χ0) is 10.6. The largest absolute Gasteiger partial charge is 0.316 e. The smallest absolute Gasteiger partial charge is 0.141 e. The Morgan fingerprint density at radius 1 is 1.57 bits per heavy atom. The molecule has 0 aliphatic rings. The second-order valence-corrected chi connectivity index (χ2v) is 3.60. The Bertz CT molecular complexity index is 347. The number of likely N-dealkylation sites (N-methyl/N-ethyl adjacent to an activating group) is 1. The molecule has 0 fully saturated rings. The van der Waals surface area contributed by atoms with Crippen LogP contribution in [0.5, 0.6) is 0 Å². The van der Waals surface area contributed by atoms with Crippen molar-refractivity contribution in [1.29, 1.82) is 0 Å². The lowest BCUT2D eigenvalue weighted by Crippen LogP contribution is -2.08. The maximum atomic E-state index is 12.8. The van der Waals surface area contributed by atoms with Crippen molar-refractivity contribution >= 4 is 17.7 Å². The molecule has 1 rings (SSSR count). The molecule has 0 saturated carbocycles. The van der Waals surface area contributed by atoms with Gasteiger partial charge in [0.05, 0.1) is 5.02 Å². The third kappa shape index (κ3) is 3.13. The van der Waals surface area contributed by atoms with Crippen molar-refractivity contribution in [3.05, 3.63) is 40.2 Å². The number of hydrogen-bond acceptors (Lipinski definition) is 1. The molecule has 0 radical (unpaired) electrons. The number of rotatable bonds is 3. The van der Waals surface area contributed by atoms with Crippen LogP contribution in [-0.2, 0) is 0 Å². The van der Waals surface area contributed by atoms with Crippen LogP contribution in [0.25, 0.3) is 6.08 Å². The van der Waals surface area contributed by atoms with Crippen LogP contribution >= 0.6 is 11.6 Å². The van der Waals surface area contributed by atoms with Crippen LogP contribution in [0.3, 0.4) is 0 Å². The molecule has 3 heteroatoms. The molecule has 0 aromatic heterocycles. The topological polar surface area (TPSA) is 12.0 Å². The molecule has 1 aromatic rings. The summed E-state index contributed by atoms with van der Waals surface area (Å²) in [5.41, 5.74) is 2.10. The summed E-state index contributed by atoms with van der Waals surface area (Å²) in [4.78, 5) is 0. The standard InChI is InChI=1S/C11H13ClFN/c1-8(7-14-2)5-9-3-4-11(13)10(12)6-9/h3-6,14H,7H2,1-2H3/b8-5+. The third-order valence-electron chi connectivity index (χ3n) is 1.81.